The van der Waals surface area contributed by atoms with Crippen LogP contribution in [0.3, 0.4) is 0 Å². The van der Waals surface area contributed by atoms with E-state index in [0.29, 0.717) is 22.1 Å². The van der Waals surface area contributed by atoms with Crippen LogP contribution in [0, 0.1) is 23.6 Å². The molecule has 3 aliphatic rings. The first kappa shape index (κ1) is 14.8. The number of hydrogen-bond acceptors (Lipinski definition) is 4. The van der Waals surface area contributed by atoms with Gasteiger partial charge in [0.25, 0.3) is 0 Å². The Morgan fingerprint density at radius 2 is 2.05 bits per heavy atom. The number of anilines is 1. The highest BCUT2D eigenvalue weighted by atomic mass is 79.9. The molecule has 1 aromatic heterocycles. The number of rotatable bonds is 3. The molecule has 0 unspecified atom stereocenters. The molecule has 4 nitrogen and oxygen atoms in total. The van der Waals surface area contributed by atoms with Gasteiger partial charge in [0.2, 0.25) is 0 Å². The topological polar surface area (TPSA) is 51.2 Å². The average Bonchev–Trinajstić information content (AvgIpc) is 2.51. The highest BCUT2D eigenvalue weighted by Crippen LogP contribution is 2.46. The zero-order chi connectivity index (χ0) is 15.0. The normalized spacial score (nSPS) is 31.0. The highest BCUT2D eigenvalue weighted by molar-refractivity contribution is 9.10. The van der Waals surface area contributed by atoms with Crippen molar-refractivity contribution in [3.63, 3.8) is 0 Å². The van der Waals surface area contributed by atoms with E-state index in [2.05, 4.69) is 26.2 Å². The molecule has 3 fully saturated rings. The van der Waals surface area contributed by atoms with Gasteiger partial charge in [0.15, 0.2) is 5.82 Å². The van der Waals surface area contributed by atoms with E-state index in [1.54, 1.807) is 6.07 Å². The van der Waals surface area contributed by atoms with Crippen LogP contribution in [-0.2, 0) is 9.53 Å². The number of carbonyl (C=O) groups excluding carboxylic acids is 1. The van der Waals surface area contributed by atoms with Gasteiger partial charge in [-0.05, 0) is 59.5 Å². The molecule has 0 amide bonds. The predicted octanol–water partition coefficient (Wildman–Crippen LogP) is 3.37. The van der Waals surface area contributed by atoms with Gasteiger partial charge in [-0.3, -0.25) is 4.79 Å². The van der Waals surface area contributed by atoms with Crippen molar-refractivity contribution in [2.45, 2.75) is 31.7 Å². The summed E-state index contributed by atoms with van der Waals surface area (Å²) in [5, 5.41) is 3.24. The molecule has 0 saturated heterocycles. The second-order valence-electron chi connectivity index (χ2n) is 5.88. The fourth-order valence-electron chi connectivity index (χ4n) is 3.84. The van der Waals surface area contributed by atoms with Crippen molar-refractivity contribution in [1.82, 2.24) is 4.98 Å². The third-order valence-electron chi connectivity index (χ3n) is 4.84. The minimum Gasteiger partial charge on any atom is -0.469 e. The Hall–Kier alpha value is -1.17. The van der Waals surface area contributed by atoms with Crippen LogP contribution in [0.25, 0.3) is 0 Å². The molecule has 0 radical (unpaired) electrons. The SMILES string of the molecule is COC(=O)[C@H]1C2CCC(CC2)[C@@H]1Nc1cc(Br)ncc1F. The van der Waals surface area contributed by atoms with Gasteiger partial charge >= 0.3 is 5.97 Å². The van der Waals surface area contributed by atoms with Crippen molar-refractivity contribution < 1.29 is 13.9 Å². The molecule has 0 spiro atoms. The number of carbonyl (C=O) groups is 1. The second-order valence-corrected chi connectivity index (χ2v) is 6.69. The molecule has 2 bridgehead atoms. The first-order valence-corrected chi connectivity index (χ1v) is 8.05. The first-order chi connectivity index (χ1) is 10.1. The summed E-state index contributed by atoms with van der Waals surface area (Å²) in [5.41, 5.74) is 0.392. The van der Waals surface area contributed by atoms with Crippen LogP contribution in [0.2, 0.25) is 0 Å². The lowest BCUT2D eigenvalue weighted by atomic mass is 9.61. The van der Waals surface area contributed by atoms with Gasteiger partial charge in [-0.2, -0.15) is 0 Å². The zero-order valence-corrected chi connectivity index (χ0v) is 13.4. The van der Waals surface area contributed by atoms with Crippen molar-refractivity contribution in [3.8, 4) is 0 Å². The summed E-state index contributed by atoms with van der Waals surface area (Å²) in [6, 6.07) is 1.56. The van der Waals surface area contributed by atoms with Gasteiger partial charge < -0.3 is 10.1 Å². The Labute approximate surface area is 131 Å². The Bertz CT molecular complexity index is 546. The molecular weight excluding hydrogens is 339 g/mol. The minimum atomic E-state index is -0.400. The summed E-state index contributed by atoms with van der Waals surface area (Å²) < 4.78 is 19.5. The molecule has 1 aromatic rings. The van der Waals surface area contributed by atoms with Gasteiger partial charge in [0, 0.05) is 6.04 Å². The quantitative estimate of drug-likeness (QED) is 0.666. The van der Waals surface area contributed by atoms with Crippen molar-refractivity contribution in [2.24, 2.45) is 17.8 Å². The van der Waals surface area contributed by atoms with Gasteiger partial charge in [-0.25, -0.2) is 9.37 Å². The Balaban J connectivity index is 1.87. The predicted molar refractivity (Wildman–Crippen MR) is 80.3 cm³/mol. The van der Waals surface area contributed by atoms with E-state index in [-0.39, 0.29) is 17.9 Å². The monoisotopic (exact) mass is 356 g/mol. The number of pyridine rings is 1. The second kappa shape index (κ2) is 5.91. The molecule has 1 heterocycles. The number of esters is 1. The fourth-order valence-corrected chi connectivity index (χ4v) is 4.17. The number of methoxy groups -OCH3 is 1. The van der Waals surface area contributed by atoms with E-state index < -0.39 is 5.82 Å². The van der Waals surface area contributed by atoms with Crippen LogP contribution in [0.5, 0.6) is 0 Å². The summed E-state index contributed by atoms with van der Waals surface area (Å²) >= 11 is 3.25. The number of fused-ring (bicyclic) bond motifs is 3. The maximum atomic E-state index is 13.9. The standard InChI is InChI=1S/C15H18BrFN2O2/c1-21-15(20)13-8-2-4-9(5-3-8)14(13)19-11-6-12(16)18-7-10(11)17/h6-9,13-14H,2-5H2,1H3,(H,18,19)/t8?,9?,13-,14-/m0/s1. The molecule has 0 aliphatic heterocycles. The molecule has 6 heteroatoms. The lowest BCUT2D eigenvalue weighted by Crippen LogP contribution is -2.51. The number of nitrogens with one attached hydrogen (secondary N) is 1. The minimum absolute atomic E-state index is 0.0613. The maximum Gasteiger partial charge on any atom is 0.311 e. The number of halogens is 2. The summed E-state index contributed by atoms with van der Waals surface area (Å²) in [6.45, 7) is 0. The summed E-state index contributed by atoms with van der Waals surface area (Å²) in [5.74, 6) is -0.0359. The van der Waals surface area contributed by atoms with Crippen LogP contribution in [0.15, 0.2) is 16.9 Å². The number of nitrogens with zero attached hydrogens (tertiary/aromatic N) is 1. The molecule has 2 atom stereocenters. The van der Waals surface area contributed by atoms with Gasteiger partial charge in [-0.15, -0.1) is 0 Å². The number of hydrogen-bond donors (Lipinski definition) is 1. The smallest absolute Gasteiger partial charge is 0.311 e. The van der Waals surface area contributed by atoms with E-state index in [4.69, 9.17) is 4.74 Å². The van der Waals surface area contributed by atoms with E-state index in [1.165, 1.54) is 13.3 Å². The van der Waals surface area contributed by atoms with E-state index in [1.807, 2.05) is 0 Å². The summed E-state index contributed by atoms with van der Waals surface area (Å²) in [6.07, 6.45) is 5.48. The van der Waals surface area contributed by atoms with Crippen LogP contribution < -0.4 is 5.32 Å². The molecule has 21 heavy (non-hydrogen) atoms. The average molecular weight is 357 g/mol. The Morgan fingerprint density at radius 1 is 1.38 bits per heavy atom. The highest BCUT2D eigenvalue weighted by Gasteiger charge is 2.47. The van der Waals surface area contributed by atoms with Crippen LogP contribution in [0.4, 0.5) is 10.1 Å². The number of ether oxygens (including phenoxy) is 1. The summed E-state index contributed by atoms with van der Waals surface area (Å²) in [7, 11) is 1.42. The van der Waals surface area contributed by atoms with E-state index >= 15 is 0 Å². The number of aromatic nitrogens is 1. The molecule has 3 aliphatic carbocycles. The van der Waals surface area contributed by atoms with Crippen molar-refractivity contribution in [3.05, 3.63) is 22.7 Å². The van der Waals surface area contributed by atoms with E-state index in [9.17, 15) is 9.18 Å². The molecule has 4 rings (SSSR count). The third kappa shape index (κ3) is 2.78. The maximum absolute atomic E-state index is 13.9. The largest absolute Gasteiger partial charge is 0.469 e. The van der Waals surface area contributed by atoms with Crippen molar-refractivity contribution in [2.75, 3.05) is 12.4 Å². The van der Waals surface area contributed by atoms with Crippen LogP contribution in [-0.4, -0.2) is 24.1 Å². The Morgan fingerprint density at radius 3 is 2.71 bits per heavy atom. The lowest BCUT2D eigenvalue weighted by molar-refractivity contribution is -0.152. The first-order valence-electron chi connectivity index (χ1n) is 7.25. The fraction of sp³-hybridized carbons (Fsp3) is 0.600. The molecule has 0 aromatic carbocycles. The summed E-state index contributed by atoms with van der Waals surface area (Å²) in [4.78, 5) is 16.0. The zero-order valence-electron chi connectivity index (χ0n) is 11.8. The molecule has 114 valence electrons. The van der Waals surface area contributed by atoms with Crippen LogP contribution >= 0.6 is 15.9 Å². The van der Waals surface area contributed by atoms with Gasteiger partial charge in [0.1, 0.15) is 4.60 Å². The molecule has 1 N–H and O–H groups in total. The molecule has 3 saturated carbocycles. The molecular formula is C15H18BrFN2O2. The Kier molecular flexibility index (Phi) is 4.15. The lowest BCUT2D eigenvalue weighted by Gasteiger charge is -2.47. The van der Waals surface area contributed by atoms with E-state index in [0.717, 1.165) is 25.7 Å². The van der Waals surface area contributed by atoms with Gasteiger partial charge in [-0.1, -0.05) is 0 Å². The third-order valence-corrected chi connectivity index (χ3v) is 5.27. The van der Waals surface area contributed by atoms with Gasteiger partial charge in [0.05, 0.1) is 24.9 Å². The van der Waals surface area contributed by atoms with Crippen molar-refractivity contribution >= 4 is 27.6 Å². The van der Waals surface area contributed by atoms with Crippen LogP contribution in [0.1, 0.15) is 25.7 Å². The van der Waals surface area contributed by atoms with Crippen molar-refractivity contribution in [1.29, 1.82) is 0 Å².